The van der Waals surface area contributed by atoms with Crippen molar-refractivity contribution in [2.75, 3.05) is 39.1 Å². The van der Waals surface area contributed by atoms with E-state index in [9.17, 15) is 9.59 Å². The van der Waals surface area contributed by atoms with E-state index in [2.05, 4.69) is 43.0 Å². The molecule has 3 rings (SSSR count). The third-order valence-corrected chi connectivity index (χ3v) is 5.38. The zero-order valence-corrected chi connectivity index (χ0v) is 18.4. The van der Waals surface area contributed by atoms with Crippen molar-refractivity contribution in [3.63, 3.8) is 0 Å². The van der Waals surface area contributed by atoms with Crippen LogP contribution >= 0.6 is 11.8 Å². The molecule has 31 heavy (non-hydrogen) atoms. The van der Waals surface area contributed by atoms with Crippen LogP contribution in [0.5, 0.6) is 5.75 Å². The molecular weight excluding hydrogens is 416 g/mol. The van der Waals surface area contributed by atoms with Crippen molar-refractivity contribution in [2.45, 2.75) is 16.7 Å². The van der Waals surface area contributed by atoms with Gasteiger partial charge in [0.2, 0.25) is 0 Å². The second kappa shape index (κ2) is 11.4. The predicted octanol–water partition coefficient (Wildman–Crippen LogP) is 4.21. The lowest BCUT2D eigenvalue weighted by atomic mass is 10.1. The Labute approximate surface area is 191 Å². The Balaban J connectivity index is 0.000000440. The summed E-state index contributed by atoms with van der Waals surface area (Å²) in [6.07, 6.45) is 1.12. The Morgan fingerprint density at radius 1 is 1.13 bits per heavy atom. The molecule has 166 valence electrons. The Kier molecular flexibility index (Phi) is 7.36. The van der Waals surface area contributed by atoms with Gasteiger partial charge >= 0.3 is 11.9 Å². The van der Waals surface area contributed by atoms with Crippen LogP contribution in [0, 0.1) is 5.92 Å². The van der Waals surface area contributed by atoms with E-state index >= 15 is 0 Å². The number of benzene rings is 2. The van der Waals surface area contributed by atoms with Gasteiger partial charge in [-0.1, -0.05) is 30.8 Å². The molecule has 1 aliphatic heterocycles. The summed E-state index contributed by atoms with van der Waals surface area (Å²) in [5.41, 5.74) is 2.16. The number of anilines is 2. The minimum absolute atomic E-state index is 0.369. The van der Waals surface area contributed by atoms with E-state index in [0.29, 0.717) is 23.8 Å². The summed E-state index contributed by atoms with van der Waals surface area (Å²) in [4.78, 5) is 25.9. The van der Waals surface area contributed by atoms with Crippen molar-refractivity contribution in [1.29, 1.82) is 0 Å². The number of carboxylic acids is 2. The molecule has 1 heterocycles. The average Bonchev–Trinajstić information content (AvgIpc) is 2.71. The first-order chi connectivity index (χ1) is 15.9. The van der Waals surface area contributed by atoms with Crippen LogP contribution in [-0.4, -0.2) is 61.3 Å². The highest BCUT2D eigenvalue weighted by molar-refractivity contribution is 7.99. The fourth-order valence-corrected chi connectivity index (χ4v) is 4.28. The monoisotopic (exact) mass is 447 g/mol. The zero-order chi connectivity index (χ0) is 25.5. The molecule has 1 aliphatic rings. The van der Waals surface area contributed by atoms with Crippen molar-refractivity contribution in [2.24, 2.45) is 5.92 Å². The number of carboxylic acid groups (broad SMARTS) is 2. The van der Waals surface area contributed by atoms with Crippen LogP contribution in [0.4, 0.5) is 11.4 Å². The second-order valence-electron chi connectivity index (χ2n) is 7.29. The van der Waals surface area contributed by atoms with Crippen LogP contribution in [0.25, 0.3) is 0 Å². The Morgan fingerprint density at radius 2 is 1.77 bits per heavy atom. The average molecular weight is 448 g/mol. The number of fused-ring (bicyclic) bond motifs is 2. The molecule has 0 radical (unpaired) electrons. The molecule has 0 aromatic heterocycles. The van der Waals surface area contributed by atoms with Crippen LogP contribution in [0.15, 0.2) is 64.4 Å². The molecule has 0 aliphatic carbocycles. The molecule has 2 aromatic rings. The van der Waals surface area contributed by atoms with Crippen molar-refractivity contribution in [3.05, 3.63) is 54.6 Å². The molecule has 1 atom stereocenters. The second-order valence-corrected chi connectivity index (χ2v) is 8.37. The Morgan fingerprint density at radius 3 is 2.39 bits per heavy atom. The molecule has 0 bridgehead atoms. The molecule has 8 heteroatoms. The van der Waals surface area contributed by atoms with Crippen molar-refractivity contribution in [1.82, 2.24) is 4.90 Å². The summed E-state index contributed by atoms with van der Waals surface area (Å²) in [5.74, 6) is -1.70. The lowest BCUT2D eigenvalue weighted by Crippen LogP contribution is -2.31. The predicted molar refractivity (Wildman–Crippen MR) is 123 cm³/mol. The van der Waals surface area contributed by atoms with Crippen LogP contribution < -0.4 is 9.64 Å². The summed E-state index contributed by atoms with van der Waals surface area (Å²) >= 11 is 1.71. The summed E-state index contributed by atoms with van der Waals surface area (Å²) < 4.78 is 27.2. The lowest BCUT2D eigenvalue weighted by molar-refractivity contribution is -0.134. The van der Waals surface area contributed by atoms with Gasteiger partial charge in [-0.15, -0.1) is 0 Å². The summed E-state index contributed by atoms with van der Waals surface area (Å²) in [7, 11) is 1.70. The highest BCUT2D eigenvalue weighted by atomic mass is 32.2. The zero-order valence-electron chi connectivity index (χ0n) is 20.6. The topological polar surface area (TPSA) is 90.3 Å². The van der Waals surface area contributed by atoms with E-state index in [1.54, 1.807) is 17.8 Å². The SMILES string of the molecule is O=C(O)/C=C\C(=O)O.[2H]C([2H])([2H])Oc1ccc2c(c1)N(C[C@H](C)CN(C)C)c1ccccc1S2. The fraction of sp³-hybridized carbons (Fsp3) is 0.304. The summed E-state index contributed by atoms with van der Waals surface area (Å²) in [5, 5.41) is 15.6. The van der Waals surface area contributed by atoms with E-state index in [4.69, 9.17) is 19.1 Å². The number of methoxy groups -OCH3 is 1. The van der Waals surface area contributed by atoms with Crippen molar-refractivity contribution < 1.29 is 28.7 Å². The third kappa shape index (κ3) is 7.34. The first kappa shape index (κ1) is 20.0. The van der Waals surface area contributed by atoms with Crippen LogP contribution in [0.2, 0.25) is 0 Å². The molecule has 7 nitrogen and oxygen atoms in total. The molecule has 0 fully saturated rings. The standard InChI is InChI=1S/C19H24N2OS.C4H4O4/c1-14(12-20(2)3)13-21-16-7-5-6-8-18(16)23-19-10-9-15(22-4)11-17(19)21;5-3(6)1-2-4(7)8/h5-11,14H,12-13H2,1-4H3;1-2H,(H,5,6)(H,7,8)/b;2-1-/t14-;/m1./s1/i4D3;. The van der Waals surface area contributed by atoms with E-state index in [1.165, 1.54) is 4.90 Å². The van der Waals surface area contributed by atoms with E-state index in [1.807, 2.05) is 24.3 Å². The van der Waals surface area contributed by atoms with Gasteiger partial charge in [-0.05, 0) is 44.3 Å². The number of hydrogen-bond donors (Lipinski definition) is 2. The maximum absolute atomic E-state index is 9.55. The number of rotatable bonds is 7. The normalized spacial score (nSPS) is 15.0. The molecule has 0 amide bonds. The van der Waals surface area contributed by atoms with E-state index < -0.39 is 19.0 Å². The number of hydrogen-bond acceptors (Lipinski definition) is 6. The van der Waals surface area contributed by atoms with Gasteiger partial charge in [0, 0.05) is 41.1 Å². The first-order valence-corrected chi connectivity index (χ1v) is 10.3. The number of ether oxygens (including phenoxy) is 1. The van der Waals surface area contributed by atoms with Crippen LogP contribution in [0.3, 0.4) is 0 Å². The van der Waals surface area contributed by atoms with E-state index in [-0.39, 0.29) is 0 Å². The maximum Gasteiger partial charge on any atom is 0.328 e. The van der Waals surface area contributed by atoms with E-state index in [0.717, 1.165) is 29.4 Å². The van der Waals surface area contributed by atoms with Gasteiger partial charge in [0.15, 0.2) is 0 Å². The highest BCUT2D eigenvalue weighted by Gasteiger charge is 2.25. The fourth-order valence-electron chi connectivity index (χ4n) is 3.20. The first-order valence-electron chi connectivity index (χ1n) is 11.0. The van der Waals surface area contributed by atoms with Crippen molar-refractivity contribution in [3.8, 4) is 5.75 Å². The van der Waals surface area contributed by atoms with Crippen LogP contribution in [-0.2, 0) is 9.59 Å². The highest BCUT2D eigenvalue weighted by Crippen LogP contribution is 2.49. The van der Waals surface area contributed by atoms with Crippen molar-refractivity contribution >= 4 is 35.1 Å². The van der Waals surface area contributed by atoms with Gasteiger partial charge in [-0.25, -0.2) is 9.59 Å². The van der Waals surface area contributed by atoms with Gasteiger partial charge in [-0.3, -0.25) is 0 Å². The summed E-state index contributed by atoms with van der Waals surface area (Å²) in [6.45, 7) is 4.05. The third-order valence-electron chi connectivity index (χ3n) is 4.25. The maximum atomic E-state index is 9.55. The molecule has 0 saturated carbocycles. The van der Waals surface area contributed by atoms with Gasteiger partial charge in [-0.2, -0.15) is 0 Å². The number of aliphatic carboxylic acids is 2. The molecule has 0 unspecified atom stereocenters. The summed E-state index contributed by atoms with van der Waals surface area (Å²) in [6, 6.07) is 13.8. The largest absolute Gasteiger partial charge is 0.497 e. The molecular formula is C23H28N2O5S. The minimum atomic E-state index is -2.45. The quantitative estimate of drug-likeness (QED) is 0.610. The van der Waals surface area contributed by atoms with Crippen LogP contribution in [0.1, 0.15) is 11.0 Å². The molecule has 0 spiro atoms. The minimum Gasteiger partial charge on any atom is -0.497 e. The molecule has 0 saturated heterocycles. The Bertz CT molecular complexity index is 1030. The molecule has 2 aromatic carbocycles. The Hall–Kier alpha value is -2.97. The number of carbonyl (C=O) groups is 2. The smallest absolute Gasteiger partial charge is 0.328 e. The molecule has 2 N–H and O–H groups in total. The lowest BCUT2D eigenvalue weighted by Gasteiger charge is -2.35. The number of nitrogens with zero attached hydrogens (tertiary/aromatic N) is 2. The van der Waals surface area contributed by atoms with Gasteiger partial charge in [0.05, 0.1) is 22.5 Å². The number of para-hydroxylation sites is 1. The van der Waals surface area contributed by atoms with Gasteiger partial charge in [0.1, 0.15) is 5.75 Å². The van der Waals surface area contributed by atoms with Gasteiger partial charge < -0.3 is 24.7 Å². The van der Waals surface area contributed by atoms with Gasteiger partial charge in [0.25, 0.3) is 0 Å².